The summed E-state index contributed by atoms with van der Waals surface area (Å²) in [6.45, 7) is 4.24. The van der Waals surface area contributed by atoms with Gasteiger partial charge >= 0.3 is 0 Å². The molecule has 1 aliphatic rings. The molecule has 0 saturated carbocycles. The molecule has 1 aromatic heterocycles. The standard InChI is InChI=1S/C21H22FN3O4S2/c1-13-11-25(12-14(2)29-13)31(27,28)17-7-4-15(5-8-17)20(26)23-21-24(3)18-9-6-16(22)10-19(18)30-21/h4-10,13-14H,11-12H2,1-3H3/t13-,14-/m0/s1. The predicted molar refractivity (Wildman–Crippen MR) is 116 cm³/mol. The van der Waals surface area contributed by atoms with E-state index < -0.39 is 15.9 Å². The van der Waals surface area contributed by atoms with Crippen molar-refractivity contribution in [2.75, 3.05) is 13.1 Å². The van der Waals surface area contributed by atoms with Gasteiger partial charge < -0.3 is 9.30 Å². The first-order valence-corrected chi connectivity index (χ1v) is 12.0. The minimum atomic E-state index is -3.68. The Bertz CT molecular complexity index is 1300. The van der Waals surface area contributed by atoms with Crippen molar-refractivity contribution < 1.29 is 22.3 Å². The fourth-order valence-electron chi connectivity index (χ4n) is 3.61. The molecular formula is C21H22FN3O4S2. The number of carbonyl (C=O) groups is 1. The monoisotopic (exact) mass is 463 g/mol. The van der Waals surface area contributed by atoms with Crippen LogP contribution in [0.3, 0.4) is 0 Å². The highest BCUT2D eigenvalue weighted by Crippen LogP contribution is 2.22. The summed E-state index contributed by atoms with van der Waals surface area (Å²) in [7, 11) is -1.93. The van der Waals surface area contributed by atoms with E-state index in [-0.39, 0.29) is 41.6 Å². The van der Waals surface area contributed by atoms with Crippen LogP contribution in [0.5, 0.6) is 0 Å². The number of fused-ring (bicyclic) bond motifs is 1. The number of amides is 1. The zero-order valence-corrected chi connectivity index (χ0v) is 18.9. The lowest BCUT2D eigenvalue weighted by Crippen LogP contribution is -2.48. The van der Waals surface area contributed by atoms with Gasteiger partial charge in [-0.3, -0.25) is 4.79 Å². The minimum absolute atomic E-state index is 0.119. The van der Waals surface area contributed by atoms with Crippen molar-refractivity contribution in [1.29, 1.82) is 0 Å². The van der Waals surface area contributed by atoms with Gasteiger partial charge in [0.2, 0.25) is 10.0 Å². The largest absolute Gasteiger partial charge is 0.373 e. The fourth-order valence-corrected chi connectivity index (χ4v) is 6.24. The summed E-state index contributed by atoms with van der Waals surface area (Å²) in [6, 6.07) is 10.1. The van der Waals surface area contributed by atoms with Crippen LogP contribution >= 0.6 is 11.3 Å². The van der Waals surface area contributed by atoms with E-state index in [2.05, 4.69) is 4.99 Å². The van der Waals surface area contributed by atoms with Crippen LogP contribution in [0.1, 0.15) is 24.2 Å². The molecule has 0 N–H and O–H groups in total. The molecule has 10 heteroatoms. The Kier molecular flexibility index (Phi) is 5.82. The van der Waals surface area contributed by atoms with E-state index >= 15 is 0 Å². The summed E-state index contributed by atoms with van der Waals surface area (Å²) >= 11 is 1.21. The highest BCUT2D eigenvalue weighted by molar-refractivity contribution is 7.89. The lowest BCUT2D eigenvalue weighted by molar-refractivity contribution is -0.0440. The Balaban J connectivity index is 1.60. The first kappa shape index (κ1) is 21.8. The van der Waals surface area contributed by atoms with Crippen molar-refractivity contribution in [1.82, 2.24) is 8.87 Å². The van der Waals surface area contributed by atoms with Crippen molar-refractivity contribution in [3.8, 4) is 0 Å². The highest BCUT2D eigenvalue weighted by atomic mass is 32.2. The average molecular weight is 464 g/mol. The second-order valence-corrected chi connectivity index (χ2v) is 10.5. The van der Waals surface area contributed by atoms with E-state index in [9.17, 15) is 17.6 Å². The van der Waals surface area contributed by atoms with Crippen LogP contribution in [0, 0.1) is 5.82 Å². The van der Waals surface area contributed by atoms with Crippen molar-refractivity contribution in [2.24, 2.45) is 12.0 Å². The van der Waals surface area contributed by atoms with Crippen molar-refractivity contribution in [3.63, 3.8) is 0 Å². The molecule has 1 aliphatic heterocycles. The number of sulfonamides is 1. The Morgan fingerprint density at radius 2 is 1.77 bits per heavy atom. The molecule has 2 heterocycles. The number of morpholine rings is 1. The van der Waals surface area contributed by atoms with E-state index in [0.717, 1.165) is 5.52 Å². The quantitative estimate of drug-likeness (QED) is 0.598. The second kappa shape index (κ2) is 8.27. The second-order valence-electron chi connectivity index (χ2n) is 7.58. The number of rotatable bonds is 3. The molecule has 31 heavy (non-hydrogen) atoms. The average Bonchev–Trinajstić information content (AvgIpc) is 3.01. The van der Waals surface area contributed by atoms with Gasteiger partial charge in [0.1, 0.15) is 5.82 Å². The molecule has 4 rings (SSSR count). The smallest absolute Gasteiger partial charge is 0.279 e. The van der Waals surface area contributed by atoms with Gasteiger partial charge in [0.25, 0.3) is 5.91 Å². The van der Waals surface area contributed by atoms with Crippen LogP contribution < -0.4 is 4.80 Å². The maximum absolute atomic E-state index is 13.5. The zero-order chi connectivity index (χ0) is 22.3. The number of benzene rings is 2. The molecule has 0 bridgehead atoms. The van der Waals surface area contributed by atoms with Crippen molar-refractivity contribution in [2.45, 2.75) is 31.0 Å². The number of hydrogen-bond acceptors (Lipinski definition) is 5. The van der Waals surface area contributed by atoms with Crippen molar-refractivity contribution in [3.05, 3.63) is 58.6 Å². The number of halogens is 1. The number of carbonyl (C=O) groups excluding carboxylic acids is 1. The molecule has 3 aromatic rings. The molecule has 2 aromatic carbocycles. The Hall–Kier alpha value is -2.40. The van der Waals surface area contributed by atoms with Crippen LogP contribution in [-0.4, -0.2) is 48.5 Å². The van der Waals surface area contributed by atoms with E-state index in [4.69, 9.17) is 4.74 Å². The molecule has 164 valence electrons. The van der Waals surface area contributed by atoms with E-state index in [0.29, 0.717) is 9.50 Å². The molecule has 0 radical (unpaired) electrons. The number of nitrogens with zero attached hydrogens (tertiary/aromatic N) is 3. The number of aromatic nitrogens is 1. The Morgan fingerprint density at radius 1 is 1.13 bits per heavy atom. The fraction of sp³-hybridized carbons (Fsp3) is 0.333. The molecule has 1 saturated heterocycles. The van der Waals surface area contributed by atoms with Crippen LogP contribution in [-0.2, 0) is 21.8 Å². The lowest BCUT2D eigenvalue weighted by Gasteiger charge is -2.34. The SMILES string of the molecule is C[C@H]1CN(S(=O)(=O)c2ccc(C(=O)N=c3sc4cc(F)ccc4n3C)cc2)C[C@H](C)O1. The first-order chi connectivity index (χ1) is 14.6. The summed E-state index contributed by atoms with van der Waals surface area (Å²) in [5.74, 6) is -0.853. The van der Waals surface area contributed by atoms with Gasteiger partial charge in [-0.1, -0.05) is 11.3 Å². The molecule has 1 amide bonds. The third-order valence-corrected chi connectivity index (χ3v) is 8.03. The summed E-state index contributed by atoms with van der Waals surface area (Å²) < 4.78 is 48.8. The molecule has 0 unspecified atom stereocenters. The summed E-state index contributed by atoms with van der Waals surface area (Å²) in [6.07, 6.45) is -0.373. The summed E-state index contributed by atoms with van der Waals surface area (Å²) in [4.78, 5) is 17.3. The van der Waals surface area contributed by atoms with E-state index in [1.54, 1.807) is 17.7 Å². The number of hydrogen-bond donors (Lipinski definition) is 0. The Morgan fingerprint density at radius 3 is 2.42 bits per heavy atom. The first-order valence-electron chi connectivity index (χ1n) is 9.75. The third-order valence-electron chi connectivity index (χ3n) is 5.09. The lowest BCUT2D eigenvalue weighted by atomic mass is 10.2. The molecule has 0 spiro atoms. The van der Waals surface area contributed by atoms with Crippen molar-refractivity contribution >= 4 is 37.5 Å². The predicted octanol–water partition coefficient (Wildman–Crippen LogP) is 2.92. The van der Waals surface area contributed by atoms with Crippen LogP contribution in [0.25, 0.3) is 10.2 Å². The van der Waals surface area contributed by atoms with E-state index in [1.807, 2.05) is 13.8 Å². The van der Waals surface area contributed by atoms with Crippen LogP contribution in [0.4, 0.5) is 4.39 Å². The molecule has 1 fully saturated rings. The molecule has 0 aliphatic carbocycles. The number of aryl methyl sites for hydroxylation is 1. The zero-order valence-electron chi connectivity index (χ0n) is 17.3. The van der Waals surface area contributed by atoms with Gasteiger partial charge in [-0.25, -0.2) is 12.8 Å². The molecule has 2 atom stereocenters. The highest BCUT2D eigenvalue weighted by Gasteiger charge is 2.32. The van der Waals surface area contributed by atoms with Gasteiger partial charge in [0, 0.05) is 25.7 Å². The van der Waals surface area contributed by atoms with Crippen LogP contribution in [0.2, 0.25) is 0 Å². The summed E-state index contributed by atoms with van der Waals surface area (Å²) in [5, 5.41) is 0. The van der Waals surface area contributed by atoms with Gasteiger partial charge in [0.05, 0.1) is 27.3 Å². The summed E-state index contributed by atoms with van der Waals surface area (Å²) in [5.41, 5.74) is 1.04. The molecule has 7 nitrogen and oxygen atoms in total. The van der Waals surface area contributed by atoms with Gasteiger partial charge in [-0.2, -0.15) is 9.30 Å². The van der Waals surface area contributed by atoms with Gasteiger partial charge in [-0.15, -0.1) is 0 Å². The molecular weight excluding hydrogens is 441 g/mol. The number of ether oxygens (including phenoxy) is 1. The van der Waals surface area contributed by atoms with Crippen LogP contribution in [0.15, 0.2) is 52.4 Å². The minimum Gasteiger partial charge on any atom is -0.373 e. The normalized spacial score (nSPS) is 21.0. The Labute approximate surface area is 183 Å². The maximum atomic E-state index is 13.5. The van der Waals surface area contributed by atoms with Gasteiger partial charge in [0.15, 0.2) is 4.80 Å². The third kappa shape index (κ3) is 4.33. The van der Waals surface area contributed by atoms with Gasteiger partial charge in [-0.05, 0) is 56.3 Å². The maximum Gasteiger partial charge on any atom is 0.279 e. The number of thiazole rings is 1. The van der Waals surface area contributed by atoms with E-state index in [1.165, 1.54) is 52.0 Å². The topological polar surface area (TPSA) is 81.0 Å².